The van der Waals surface area contributed by atoms with Gasteiger partial charge in [-0.25, -0.2) is 4.39 Å². The molecule has 0 saturated carbocycles. The lowest BCUT2D eigenvalue weighted by Gasteiger charge is -2.07. The second-order valence-electron chi connectivity index (χ2n) is 5.26. The van der Waals surface area contributed by atoms with E-state index in [9.17, 15) is 9.18 Å². The normalized spacial score (nSPS) is 10.6. The lowest BCUT2D eigenvalue weighted by atomic mass is 10.1. The summed E-state index contributed by atoms with van der Waals surface area (Å²) in [6, 6.07) is 11.7. The molecule has 0 aliphatic rings. The third-order valence-electron chi connectivity index (χ3n) is 3.40. The van der Waals surface area contributed by atoms with Crippen LogP contribution in [0, 0.1) is 5.82 Å². The summed E-state index contributed by atoms with van der Waals surface area (Å²) in [5.74, 6) is 1.33. The van der Waals surface area contributed by atoms with E-state index in [1.807, 2.05) is 12.1 Å². The fourth-order valence-corrected chi connectivity index (χ4v) is 3.50. The minimum absolute atomic E-state index is 0.00412. The summed E-state index contributed by atoms with van der Waals surface area (Å²) in [6.07, 6.45) is 1.01. The zero-order chi connectivity index (χ0) is 17.4. The van der Waals surface area contributed by atoms with Crippen molar-refractivity contribution in [2.24, 2.45) is 0 Å². The molecule has 0 fully saturated rings. The molecular weight excluding hydrogens is 368 g/mol. The number of hydrogen-bond donors (Lipinski definition) is 1. The first-order valence-corrected chi connectivity index (χ1v) is 9.48. The van der Waals surface area contributed by atoms with Crippen LogP contribution in [0.4, 0.5) is 4.39 Å². The molecule has 2 rings (SSSR count). The van der Waals surface area contributed by atoms with E-state index in [0.717, 1.165) is 22.6 Å². The SMILES string of the molecule is O=C(CCc1ccc(F)cc1)NCCSCc1ccc(Cl)cc1Cl. The molecule has 0 unspecified atom stereocenters. The molecule has 0 spiro atoms. The minimum Gasteiger partial charge on any atom is -0.355 e. The van der Waals surface area contributed by atoms with Gasteiger partial charge in [-0.1, -0.05) is 41.4 Å². The molecule has 0 aliphatic heterocycles. The Balaban J connectivity index is 1.60. The molecule has 0 radical (unpaired) electrons. The van der Waals surface area contributed by atoms with Gasteiger partial charge in [0, 0.05) is 34.5 Å². The number of benzene rings is 2. The number of carbonyl (C=O) groups is 1. The van der Waals surface area contributed by atoms with Crippen molar-refractivity contribution in [1.82, 2.24) is 5.32 Å². The number of nitrogens with one attached hydrogen (secondary N) is 1. The Kier molecular flexibility index (Phi) is 7.89. The van der Waals surface area contributed by atoms with Crippen molar-refractivity contribution in [3.05, 3.63) is 69.5 Å². The van der Waals surface area contributed by atoms with Crippen LogP contribution in [-0.4, -0.2) is 18.2 Å². The van der Waals surface area contributed by atoms with Gasteiger partial charge in [-0.15, -0.1) is 0 Å². The first-order valence-electron chi connectivity index (χ1n) is 7.57. The van der Waals surface area contributed by atoms with E-state index in [2.05, 4.69) is 5.32 Å². The van der Waals surface area contributed by atoms with Gasteiger partial charge in [-0.3, -0.25) is 4.79 Å². The summed E-state index contributed by atoms with van der Waals surface area (Å²) in [7, 11) is 0. The number of aryl methyl sites for hydroxylation is 1. The average Bonchev–Trinajstić information content (AvgIpc) is 2.56. The second kappa shape index (κ2) is 9.92. The molecule has 2 aromatic rings. The highest BCUT2D eigenvalue weighted by Crippen LogP contribution is 2.24. The summed E-state index contributed by atoms with van der Waals surface area (Å²) in [5.41, 5.74) is 1.99. The van der Waals surface area contributed by atoms with Gasteiger partial charge < -0.3 is 5.32 Å². The number of carbonyl (C=O) groups excluding carboxylic acids is 1. The predicted molar refractivity (Wildman–Crippen MR) is 100 cm³/mol. The maximum absolute atomic E-state index is 12.8. The van der Waals surface area contributed by atoms with Crippen LogP contribution in [0.25, 0.3) is 0 Å². The molecule has 0 saturated heterocycles. The predicted octanol–water partition coefficient (Wildman–Crippen LogP) is 5.11. The molecule has 2 aromatic carbocycles. The summed E-state index contributed by atoms with van der Waals surface area (Å²) >= 11 is 13.7. The van der Waals surface area contributed by atoms with Crippen LogP contribution in [-0.2, 0) is 17.0 Å². The van der Waals surface area contributed by atoms with Crippen LogP contribution in [0.2, 0.25) is 10.0 Å². The van der Waals surface area contributed by atoms with Crippen LogP contribution >= 0.6 is 35.0 Å². The Morgan fingerprint density at radius 3 is 2.58 bits per heavy atom. The number of amides is 1. The van der Waals surface area contributed by atoms with E-state index < -0.39 is 0 Å². The van der Waals surface area contributed by atoms with Crippen molar-refractivity contribution in [2.45, 2.75) is 18.6 Å². The minimum atomic E-state index is -0.263. The molecule has 0 bridgehead atoms. The van der Waals surface area contributed by atoms with Gasteiger partial charge in [0.05, 0.1) is 0 Å². The van der Waals surface area contributed by atoms with Crippen molar-refractivity contribution in [3.8, 4) is 0 Å². The van der Waals surface area contributed by atoms with Crippen LogP contribution in [0.1, 0.15) is 17.5 Å². The molecule has 0 aliphatic carbocycles. The second-order valence-corrected chi connectivity index (χ2v) is 7.21. The highest BCUT2D eigenvalue weighted by Gasteiger charge is 2.04. The molecule has 24 heavy (non-hydrogen) atoms. The van der Waals surface area contributed by atoms with Gasteiger partial charge in [0.2, 0.25) is 5.91 Å². The highest BCUT2D eigenvalue weighted by molar-refractivity contribution is 7.98. The van der Waals surface area contributed by atoms with Gasteiger partial charge in [0.1, 0.15) is 5.82 Å². The van der Waals surface area contributed by atoms with E-state index >= 15 is 0 Å². The lowest BCUT2D eigenvalue weighted by Crippen LogP contribution is -2.25. The summed E-state index contributed by atoms with van der Waals surface area (Å²) < 4.78 is 12.8. The highest BCUT2D eigenvalue weighted by atomic mass is 35.5. The lowest BCUT2D eigenvalue weighted by molar-refractivity contribution is -0.120. The van der Waals surface area contributed by atoms with Crippen molar-refractivity contribution in [2.75, 3.05) is 12.3 Å². The first-order chi connectivity index (χ1) is 11.5. The van der Waals surface area contributed by atoms with E-state index in [-0.39, 0.29) is 11.7 Å². The van der Waals surface area contributed by atoms with E-state index in [4.69, 9.17) is 23.2 Å². The quantitative estimate of drug-likeness (QED) is 0.639. The standard InChI is InChI=1S/C18H18Cl2FNOS/c19-15-5-4-14(17(20)11-15)12-24-10-9-22-18(23)8-3-13-1-6-16(21)7-2-13/h1-2,4-7,11H,3,8-10,12H2,(H,22,23). The Morgan fingerprint density at radius 1 is 1.12 bits per heavy atom. The zero-order valence-corrected chi connectivity index (χ0v) is 15.4. The van der Waals surface area contributed by atoms with Crippen molar-refractivity contribution < 1.29 is 9.18 Å². The van der Waals surface area contributed by atoms with Gasteiger partial charge in [-0.2, -0.15) is 11.8 Å². The number of thioether (sulfide) groups is 1. The monoisotopic (exact) mass is 385 g/mol. The number of rotatable bonds is 8. The Morgan fingerprint density at radius 2 is 1.88 bits per heavy atom. The fraction of sp³-hybridized carbons (Fsp3) is 0.278. The van der Waals surface area contributed by atoms with Gasteiger partial charge >= 0.3 is 0 Å². The molecule has 0 heterocycles. The fourth-order valence-electron chi connectivity index (χ4n) is 2.08. The maximum Gasteiger partial charge on any atom is 0.220 e. The molecule has 0 atom stereocenters. The molecule has 1 amide bonds. The first kappa shape index (κ1) is 19.1. The smallest absolute Gasteiger partial charge is 0.220 e. The van der Waals surface area contributed by atoms with Crippen LogP contribution in [0.15, 0.2) is 42.5 Å². The third kappa shape index (κ3) is 6.71. The molecule has 6 heteroatoms. The van der Waals surface area contributed by atoms with Gasteiger partial charge in [0.25, 0.3) is 0 Å². The van der Waals surface area contributed by atoms with Crippen molar-refractivity contribution in [3.63, 3.8) is 0 Å². The molecule has 1 N–H and O–H groups in total. The summed E-state index contributed by atoms with van der Waals surface area (Å²) in [4.78, 5) is 11.8. The Hall–Kier alpha value is -1.23. The number of halogens is 3. The molecule has 128 valence electrons. The summed E-state index contributed by atoms with van der Waals surface area (Å²) in [5, 5.41) is 4.18. The zero-order valence-electron chi connectivity index (χ0n) is 13.0. The van der Waals surface area contributed by atoms with Gasteiger partial charge in [-0.05, 0) is 41.8 Å². The van der Waals surface area contributed by atoms with Crippen molar-refractivity contribution >= 4 is 40.9 Å². The van der Waals surface area contributed by atoms with E-state index in [1.165, 1.54) is 12.1 Å². The molecule has 2 nitrogen and oxygen atoms in total. The molecular formula is C18H18Cl2FNOS. The topological polar surface area (TPSA) is 29.1 Å². The average molecular weight is 386 g/mol. The maximum atomic E-state index is 12.8. The van der Waals surface area contributed by atoms with Crippen molar-refractivity contribution in [1.29, 1.82) is 0 Å². The number of hydrogen-bond acceptors (Lipinski definition) is 2. The largest absolute Gasteiger partial charge is 0.355 e. The van der Waals surface area contributed by atoms with E-state index in [1.54, 1.807) is 30.0 Å². The van der Waals surface area contributed by atoms with Crippen LogP contribution in [0.5, 0.6) is 0 Å². The van der Waals surface area contributed by atoms with Crippen LogP contribution < -0.4 is 5.32 Å². The Labute approximate surface area is 155 Å². The van der Waals surface area contributed by atoms with Gasteiger partial charge in [0.15, 0.2) is 0 Å². The molecule has 0 aromatic heterocycles. The van der Waals surface area contributed by atoms with Crippen LogP contribution in [0.3, 0.4) is 0 Å². The third-order valence-corrected chi connectivity index (χ3v) is 4.99. The van der Waals surface area contributed by atoms with E-state index in [0.29, 0.717) is 29.4 Å². The Bertz CT molecular complexity index is 679. The summed E-state index contributed by atoms with van der Waals surface area (Å²) in [6.45, 7) is 0.609.